The highest BCUT2D eigenvalue weighted by molar-refractivity contribution is 6.30. The molecular weight excluding hydrogens is 196 g/mol. The molecule has 0 heterocycles. The summed E-state index contributed by atoms with van der Waals surface area (Å²) in [6, 6.07) is 7.37. The van der Waals surface area contributed by atoms with Gasteiger partial charge in [0.05, 0.1) is 5.41 Å². The number of hydrogen-bond acceptors (Lipinski definition) is 1. The van der Waals surface area contributed by atoms with Gasteiger partial charge in [-0.2, -0.15) is 0 Å². The lowest BCUT2D eigenvalue weighted by Gasteiger charge is -2.21. The maximum absolute atomic E-state index is 11.0. The fourth-order valence-corrected chi connectivity index (χ4v) is 1.57. The van der Waals surface area contributed by atoms with Crippen molar-refractivity contribution in [2.75, 3.05) is 0 Å². The Hall–Kier alpha value is -1.08. The summed E-state index contributed by atoms with van der Waals surface area (Å²) in [5, 5.41) is 0.652. The molecule has 0 amide bonds. The number of halogens is 1. The molecule has 0 aliphatic rings. The van der Waals surface area contributed by atoms with E-state index < -0.39 is 5.41 Å². The minimum Gasteiger partial charge on any atom is -0.302 e. The zero-order chi connectivity index (χ0) is 10.6. The van der Waals surface area contributed by atoms with Gasteiger partial charge < -0.3 is 4.79 Å². The van der Waals surface area contributed by atoms with Crippen molar-refractivity contribution >= 4 is 17.9 Å². The maximum atomic E-state index is 11.0. The molecule has 0 radical (unpaired) electrons. The molecule has 14 heavy (non-hydrogen) atoms. The molecule has 1 rings (SSSR count). The van der Waals surface area contributed by atoms with Crippen LogP contribution >= 0.6 is 11.6 Å². The van der Waals surface area contributed by atoms with Crippen LogP contribution in [-0.2, 0) is 10.2 Å². The summed E-state index contributed by atoms with van der Waals surface area (Å²) < 4.78 is 0. The SMILES string of the molecule is C=CC[C@@](C)(C=O)c1cccc(Cl)c1. The van der Waals surface area contributed by atoms with Gasteiger partial charge in [0.15, 0.2) is 0 Å². The Morgan fingerprint density at radius 2 is 2.29 bits per heavy atom. The van der Waals surface area contributed by atoms with Crippen LogP contribution in [0.15, 0.2) is 36.9 Å². The lowest BCUT2D eigenvalue weighted by molar-refractivity contribution is -0.112. The minimum absolute atomic E-state index is 0.507. The number of carbonyl (C=O) groups excluding carboxylic acids is 1. The Morgan fingerprint density at radius 1 is 1.57 bits per heavy atom. The first-order chi connectivity index (χ1) is 6.62. The van der Waals surface area contributed by atoms with Gasteiger partial charge in [-0.1, -0.05) is 29.8 Å². The summed E-state index contributed by atoms with van der Waals surface area (Å²) >= 11 is 5.87. The van der Waals surface area contributed by atoms with Crippen LogP contribution in [0.3, 0.4) is 0 Å². The van der Waals surface area contributed by atoms with Gasteiger partial charge in [0.2, 0.25) is 0 Å². The molecule has 0 spiro atoms. The molecule has 1 atom stereocenters. The topological polar surface area (TPSA) is 17.1 Å². The van der Waals surface area contributed by atoms with Crippen molar-refractivity contribution in [3.8, 4) is 0 Å². The van der Waals surface area contributed by atoms with Gasteiger partial charge in [0.25, 0.3) is 0 Å². The Bertz CT molecular complexity index is 346. The first kappa shape index (κ1) is 11.0. The smallest absolute Gasteiger partial charge is 0.130 e. The molecule has 0 N–H and O–H groups in total. The minimum atomic E-state index is -0.507. The first-order valence-corrected chi connectivity index (χ1v) is 4.83. The third-order valence-electron chi connectivity index (χ3n) is 2.31. The molecule has 0 aromatic heterocycles. The zero-order valence-electron chi connectivity index (χ0n) is 8.16. The number of hydrogen-bond donors (Lipinski definition) is 0. The second-order valence-corrected chi connectivity index (χ2v) is 3.97. The first-order valence-electron chi connectivity index (χ1n) is 4.45. The van der Waals surface area contributed by atoms with Gasteiger partial charge >= 0.3 is 0 Å². The van der Waals surface area contributed by atoms with Gasteiger partial charge in [-0.15, -0.1) is 6.58 Å². The van der Waals surface area contributed by atoms with Crippen LogP contribution in [0.5, 0.6) is 0 Å². The molecule has 74 valence electrons. The third kappa shape index (κ3) is 2.24. The number of allylic oxidation sites excluding steroid dienone is 1. The maximum Gasteiger partial charge on any atom is 0.130 e. The number of carbonyl (C=O) groups is 1. The molecule has 0 saturated carbocycles. The van der Waals surface area contributed by atoms with Gasteiger partial charge in [0.1, 0.15) is 6.29 Å². The molecule has 1 aromatic carbocycles. The van der Waals surface area contributed by atoms with Crippen LogP contribution in [0, 0.1) is 0 Å². The predicted octanol–water partition coefficient (Wildman–Crippen LogP) is 3.37. The molecule has 0 unspecified atom stereocenters. The molecule has 1 nitrogen and oxygen atoms in total. The van der Waals surface area contributed by atoms with Crippen molar-refractivity contribution in [1.29, 1.82) is 0 Å². The summed E-state index contributed by atoms with van der Waals surface area (Å²) in [5.74, 6) is 0. The summed E-state index contributed by atoms with van der Waals surface area (Å²) in [5.41, 5.74) is 0.423. The highest BCUT2D eigenvalue weighted by Gasteiger charge is 2.24. The quantitative estimate of drug-likeness (QED) is 0.548. The van der Waals surface area contributed by atoms with E-state index in [0.29, 0.717) is 11.4 Å². The van der Waals surface area contributed by atoms with Crippen LogP contribution in [0.4, 0.5) is 0 Å². The average Bonchev–Trinajstić information content (AvgIpc) is 2.18. The summed E-state index contributed by atoms with van der Waals surface area (Å²) in [7, 11) is 0. The van der Waals surface area contributed by atoms with E-state index in [1.54, 1.807) is 12.1 Å². The van der Waals surface area contributed by atoms with Crippen LogP contribution in [0.25, 0.3) is 0 Å². The Labute approximate surface area is 89.4 Å². The monoisotopic (exact) mass is 208 g/mol. The van der Waals surface area contributed by atoms with E-state index in [0.717, 1.165) is 11.8 Å². The molecular formula is C12H13ClO. The van der Waals surface area contributed by atoms with Crippen molar-refractivity contribution in [3.05, 3.63) is 47.5 Å². The fraction of sp³-hybridized carbons (Fsp3) is 0.250. The molecule has 0 saturated heterocycles. The van der Waals surface area contributed by atoms with E-state index in [1.165, 1.54) is 0 Å². The van der Waals surface area contributed by atoms with Crippen LogP contribution in [0.1, 0.15) is 18.9 Å². The molecule has 0 bridgehead atoms. The normalized spacial score (nSPS) is 14.4. The molecule has 0 fully saturated rings. The van der Waals surface area contributed by atoms with Crippen molar-refractivity contribution < 1.29 is 4.79 Å². The van der Waals surface area contributed by atoms with E-state index in [-0.39, 0.29) is 0 Å². The van der Waals surface area contributed by atoms with Crippen molar-refractivity contribution in [2.45, 2.75) is 18.8 Å². The summed E-state index contributed by atoms with van der Waals surface area (Å²) in [6.07, 6.45) is 3.31. The molecule has 1 aromatic rings. The lowest BCUT2D eigenvalue weighted by Crippen LogP contribution is -2.22. The van der Waals surface area contributed by atoms with Gasteiger partial charge in [-0.05, 0) is 31.0 Å². The zero-order valence-corrected chi connectivity index (χ0v) is 8.92. The Balaban J connectivity index is 3.11. The lowest BCUT2D eigenvalue weighted by atomic mass is 9.81. The second-order valence-electron chi connectivity index (χ2n) is 3.54. The van der Waals surface area contributed by atoms with Crippen LogP contribution < -0.4 is 0 Å². The fourth-order valence-electron chi connectivity index (χ4n) is 1.38. The van der Waals surface area contributed by atoms with Crippen LogP contribution in [-0.4, -0.2) is 6.29 Å². The summed E-state index contributed by atoms with van der Waals surface area (Å²) in [6.45, 7) is 5.53. The number of rotatable bonds is 4. The van der Waals surface area contributed by atoms with Crippen molar-refractivity contribution in [1.82, 2.24) is 0 Å². The van der Waals surface area contributed by atoms with Crippen molar-refractivity contribution in [3.63, 3.8) is 0 Å². The highest BCUT2D eigenvalue weighted by Crippen LogP contribution is 2.27. The number of benzene rings is 1. The second kappa shape index (κ2) is 4.43. The van der Waals surface area contributed by atoms with Gasteiger partial charge in [0, 0.05) is 5.02 Å². The summed E-state index contributed by atoms with van der Waals surface area (Å²) in [4.78, 5) is 11.0. The van der Waals surface area contributed by atoms with Crippen molar-refractivity contribution in [2.24, 2.45) is 0 Å². The van der Waals surface area contributed by atoms with E-state index in [2.05, 4.69) is 6.58 Å². The molecule has 2 heteroatoms. The number of aldehydes is 1. The highest BCUT2D eigenvalue weighted by atomic mass is 35.5. The van der Waals surface area contributed by atoms with Gasteiger partial charge in [-0.25, -0.2) is 0 Å². The molecule has 0 aliphatic heterocycles. The van der Waals surface area contributed by atoms with E-state index in [9.17, 15) is 4.79 Å². The Kier molecular flexibility index (Phi) is 3.48. The standard InChI is InChI=1S/C12H13ClO/c1-3-7-12(2,9-14)10-5-4-6-11(13)8-10/h3-6,8-9H,1,7H2,2H3/t12-/m0/s1. The largest absolute Gasteiger partial charge is 0.302 e. The van der Waals surface area contributed by atoms with Gasteiger partial charge in [-0.3, -0.25) is 0 Å². The molecule has 0 aliphatic carbocycles. The van der Waals surface area contributed by atoms with E-state index in [4.69, 9.17) is 11.6 Å². The average molecular weight is 209 g/mol. The van der Waals surface area contributed by atoms with E-state index in [1.807, 2.05) is 25.1 Å². The predicted molar refractivity (Wildman–Crippen MR) is 59.7 cm³/mol. The van der Waals surface area contributed by atoms with E-state index >= 15 is 0 Å². The third-order valence-corrected chi connectivity index (χ3v) is 2.55. The van der Waals surface area contributed by atoms with Crippen LogP contribution in [0.2, 0.25) is 5.02 Å². The Morgan fingerprint density at radius 3 is 2.79 bits per heavy atom.